The number of esters is 1. The van der Waals surface area contributed by atoms with Crippen LogP contribution >= 0.6 is 11.3 Å². The Kier molecular flexibility index (Phi) is 7.19. The Morgan fingerprint density at radius 3 is 2.46 bits per heavy atom. The molecule has 28 heavy (non-hydrogen) atoms. The molecule has 7 nitrogen and oxygen atoms in total. The van der Waals surface area contributed by atoms with Gasteiger partial charge in [-0.2, -0.15) is 8.42 Å². The third-order valence-electron chi connectivity index (χ3n) is 3.71. The molecule has 0 aliphatic rings. The van der Waals surface area contributed by atoms with Crippen LogP contribution in [0.2, 0.25) is 0 Å². The lowest BCUT2D eigenvalue weighted by atomic mass is 9.99. The van der Waals surface area contributed by atoms with Crippen LogP contribution in [0.1, 0.15) is 56.3 Å². The van der Waals surface area contributed by atoms with Crippen molar-refractivity contribution in [2.75, 3.05) is 4.72 Å². The Hall–Kier alpha value is -1.97. The van der Waals surface area contributed by atoms with Gasteiger partial charge in [-0.25, -0.2) is 4.98 Å². The van der Waals surface area contributed by atoms with Gasteiger partial charge in [-0.15, -0.1) is 11.3 Å². The van der Waals surface area contributed by atoms with Crippen molar-refractivity contribution in [3.8, 4) is 0 Å². The number of aromatic nitrogens is 1. The van der Waals surface area contributed by atoms with E-state index < -0.39 is 21.8 Å². The highest BCUT2D eigenvalue weighted by molar-refractivity contribution is 7.87. The number of rotatable bonds is 8. The van der Waals surface area contributed by atoms with E-state index in [1.54, 1.807) is 12.1 Å². The SMILES string of the molecule is CCCc1csc([C@@H](Cc2ccc(NS(=O)(=O)O)cc2)C(=O)OC(C)(C)C)n1. The normalized spacial score (nSPS) is 13.2. The van der Waals surface area contributed by atoms with Gasteiger partial charge in [-0.3, -0.25) is 14.1 Å². The van der Waals surface area contributed by atoms with Crippen molar-refractivity contribution in [2.45, 2.75) is 58.5 Å². The van der Waals surface area contributed by atoms with Crippen molar-refractivity contribution in [2.24, 2.45) is 0 Å². The molecule has 0 saturated heterocycles. The molecule has 0 aliphatic heterocycles. The molecule has 2 N–H and O–H groups in total. The molecule has 2 aromatic rings. The molecule has 0 spiro atoms. The molecular formula is C19H26N2O5S2. The van der Waals surface area contributed by atoms with E-state index in [9.17, 15) is 13.2 Å². The van der Waals surface area contributed by atoms with Gasteiger partial charge in [-0.1, -0.05) is 25.5 Å². The van der Waals surface area contributed by atoms with Crippen molar-refractivity contribution < 1.29 is 22.5 Å². The third kappa shape index (κ3) is 7.21. The molecule has 0 saturated carbocycles. The summed E-state index contributed by atoms with van der Waals surface area (Å²) in [4.78, 5) is 17.4. The molecule has 0 aliphatic carbocycles. The number of nitrogens with zero attached hydrogens (tertiary/aromatic N) is 1. The molecule has 0 amide bonds. The van der Waals surface area contributed by atoms with Crippen molar-refractivity contribution in [3.63, 3.8) is 0 Å². The number of benzene rings is 1. The summed E-state index contributed by atoms with van der Waals surface area (Å²) in [6, 6.07) is 6.45. The molecule has 0 fully saturated rings. The maximum absolute atomic E-state index is 12.8. The molecule has 1 aromatic heterocycles. The summed E-state index contributed by atoms with van der Waals surface area (Å²) in [6.45, 7) is 7.54. The van der Waals surface area contributed by atoms with E-state index in [1.165, 1.54) is 23.5 Å². The van der Waals surface area contributed by atoms with Gasteiger partial charge >= 0.3 is 16.3 Å². The smallest absolute Gasteiger partial charge is 0.357 e. The van der Waals surface area contributed by atoms with Gasteiger partial charge in [0.1, 0.15) is 16.5 Å². The first-order chi connectivity index (χ1) is 13.0. The second-order valence-electron chi connectivity index (χ2n) is 7.49. The maximum Gasteiger partial charge on any atom is 0.357 e. The van der Waals surface area contributed by atoms with Crippen LogP contribution in [0, 0.1) is 0 Å². The zero-order chi connectivity index (χ0) is 20.9. The highest BCUT2D eigenvalue weighted by Crippen LogP contribution is 2.28. The summed E-state index contributed by atoms with van der Waals surface area (Å²) in [5.41, 5.74) is 1.41. The van der Waals surface area contributed by atoms with Crippen LogP contribution in [0.4, 0.5) is 5.69 Å². The van der Waals surface area contributed by atoms with Gasteiger partial charge in [0.15, 0.2) is 0 Å². The van der Waals surface area contributed by atoms with E-state index in [-0.39, 0.29) is 11.7 Å². The van der Waals surface area contributed by atoms with Gasteiger partial charge in [0.25, 0.3) is 0 Å². The van der Waals surface area contributed by atoms with E-state index >= 15 is 0 Å². The zero-order valence-electron chi connectivity index (χ0n) is 16.4. The van der Waals surface area contributed by atoms with Gasteiger partial charge in [0, 0.05) is 5.38 Å². The Morgan fingerprint density at radius 2 is 1.93 bits per heavy atom. The number of hydrogen-bond acceptors (Lipinski definition) is 6. The number of ether oxygens (including phenoxy) is 1. The number of hydrogen-bond donors (Lipinski definition) is 2. The van der Waals surface area contributed by atoms with Crippen molar-refractivity contribution in [3.05, 3.63) is 45.9 Å². The standard InChI is InChI=1S/C19H26N2O5S2/c1-5-6-15-12-27-17(20-15)16(18(22)26-19(2,3)4)11-13-7-9-14(10-8-13)21-28(23,24)25/h7-10,12,16,21H,5-6,11H2,1-4H3,(H,23,24,25)/t16-/m1/s1. The Bertz CT molecular complexity index is 899. The fraction of sp³-hybridized carbons (Fsp3) is 0.474. The molecule has 1 aromatic carbocycles. The van der Waals surface area contributed by atoms with Crippen LogP contribution in [-0.4, -0.2) is 29.5 Å². The zero-order valence-corrected chi connectivity index (χ0v) is 18.1. The van der Waals surface area contributed by atoms with E-state index in [2.05, 4.69) is 11.9 Å². The van der Waals surface area contributed by atoms with Crippen molar-refractivity contribution in [1.82, 2.24) is 4.98 Å². The second-order valence-corrected chi connectivity index (χ2v) is 9.54. The van der Waals surface area contributed by atoms with E-state index in [0.29, 0.717) is 11.4 Å². The summed E-state index contributed by atoms with van der Waals surface area (Å²) in [6.07, 6.45) is 2.20. The predicted octanol–water partition coefficient (Wildman–Crippen LogP) is 3.98. The quantitative estimate of drug-likeness (QED) is 0.489. The summed E-state index contributed by atoms with van der Waals surface area (Å²) in [5.74, 6) is -0.889. The van der Waals surface area contributed by atoms with Crippen LogP contribution in [0.3, 0.4) is 0 Å². The second kappa shape index (κ2) is 9.02. The average molecular weight is 427 g/mol. The van der Waals surface area contributed by atoms with Crippen molar-refractivity contribution >= 4 is 33.3 Å². The minimum absolute atomic E-state index is 0.236. The number of anilines is 1. The van der Waals surface area contributed by atoms with Gasteiger partial charge < -0.3 is 4.74 Å². The third-order valence-corrected chi connectivity index (χ3v) is 5.21. The summed E-state index contributed by atoms with van der Waals surface area (Å²) < 4.78 is 38.2. The fourth-order valence-electron chi connectivity index (χ4n) is 2.59. The first kappa shape index (κ1) is 22.3. The summed E-state index contributed by atoms with van der Waals surface area (Å²) >= 11 is 1.45. The topological polar surface area (TPSA) is 106 Å². The van der Waals surface area contributed by atoms with E-state index in [1.807, 2.05) is 30.9 Å². The first-order valence-electron chi connectivity index (χ1n) is 8.98. The molecule has 1 heterocycles. The molecule has 2 rings (SSSR count). The lowest BCUT2D eigenvalue weighted by molar-refractivity contribution is -0.156. The van der Waals surface area contributed by atoms with E-state index in [0.717, 1.165) is 24.1 Å². The largest absolute Gasteiger partial charge is 0.459 e. The van der Waals surface area contributed by atoms with Gasteiger partial charge in [0.05, 0.1) is 11.4 Å². The van der Waals surface area contributed by atoms with Crippen LogP contribution in [0.25, 0.3) is 0 Å². The maximum atomic E-state index is 12.8. The number of aryl methyl sites for hydroxylation is 1. The monoisotopic (exact) mass is 426 g/mol. The minimum atomic E-state index is -4.33. The molecule has 9 heteroatoms. The van der Waals surface area contributed by atoms with Crippen LogP contribution in [-0.2, 0) is 32.7 Å². The van der Waals surface area contributed by atoms with E-state index in [4.69, 9.17) is 9.29 Å². The van der Waals surface area contributed by atoms with Crippen LogP contribution < -0.4 is 4.72 Å². The molecule has 0 bridgehead atoms. The van der Waals surface area contributed by atoms with Crippen LogP contribution in [0.15, 0.2) is 29.6 Å². The van der Waals surface area contributed by atoms with Gasteiger partial charge in [-0.05, 0) is 51.3 Å². The Morgan fingerprint density at radius 1 is 1.29 bits per heavy atom. The number of thiazole rings is 1. The first-order valence-corrected chi connectivity index (χ1v) is 11.3. The summed E-state index contributed by atoms with van der Waals surface area (Å²) in [7, 11) is -4.33. The highest BCUT2D eigenvalue weighted by atomic mass is 32.2. The predicted molar refractivity (Wildman–Crippen MR) is 110 cm³/mol. The van der Waals surface area contributed by atoms with Gasteiger partial charge in [0.2, 0.25) is 0 Å². The molecular weight excluding hydrogens is 400 g/mol. The average Bonchev–Trinajstić information content (AvgIpc) is 2.99. The molecule has 0 radical (unpaired) electrons. The van der Waals surface area contributed by atoms with Crippen molar-refractivity contribution in [1.29, 1.82) is 0 Å². The molecule has 1 atom stereocenters. The Balaban J connectivity index is 2.24. The molecule has 0 unspecified atom stereocenters. The fourth-order valence-corrected chi connectivity index (χ4v) is 3.97. The van der Waals surface area contributed by atoms with Crippen LogP contribution in [0.5, 0.6) is 0 Å². The Labute approximate surface area is 170 Å². The lowest BCUT2D eigenvalue weighted by Gasteiger charge is -2.23. The minimum Gasteiger partial charge on any atom is -0.459 e. The summed E-state index contributed by atoms with van der Waals surface area (Å²) in [5, 5.41) is 2.67. The highest BCUT2D eigenvalue weighted by Gasteiger charge is 2.29. The number of nitrogens with one attached hydrogen (secondary N) is 1. The number of carbonyl (C=O) groups excluding carboxylic acids is 1. The lowest BCUT2D eigenvalue weighted by Crippen LogP contribution is -2.28. The molecule has 154 valence electrons. The number of carbonyl (C=O) groups is 1.